The number of nitrogens with zero attached hydrogens (tertiary/aromatic N) is 2. The van der Waals surface area contributed by atoms with Gasteiger partial charge in [-0.1, -0.05) is 48.7 Å². The Kier molecular flexibility index (Phi) is 10.3. The molecule has 1 fully saturated rings. The summed E-state index contributed by atoms with van der Waals surface area (Å²) in [6.45, 7) is 2.59. The SMILES string of the molecule is COc1ccc(S(=O)(=O)N(CC(=O)N(Cc2ccccc2F)[C@@H](C)C(=O)NC2CCCC2)c2ccc(C)cc2)cc1OC. The van der Waals surface area contributed by atoms with E-state index in [1.165, 1.54) is 55.5 Å². The van der Waals surface area contributed by atoms with Gasteiger partial charge in [-0.2, -0.15) is 0 Å². The van der Waals surface area contributed by atoms with Crippen LogP contribution in [0.15, 0.2) is 71.6 Å². The Labute approximate surface area is 252 Å². The van der Waals surface area contributed by atoms with Gasteiger partial charge in [0.05, 0.1) is 24.8 Å². The maximum atomic E-state index is 14.7. The highest BCUT2D eigenvalue weighted by atomic mass is 32.2. The van der Waals surface area contributed by atoms with Crippen molar-refractivity contribution in [2.75, 3.05) is 25.1 Å². The maximum absolute atomic E-state index is 14.7. The molecule has 0 radical (unpaired) electrons. The zero-order chi connectivity index (χ0) is 31.1. The van der Waals surface area contributed by atoms with Crippen LogP contribution >= 0.6 is 0 Å². The molecule has 9 nitrogen and oxygen atoms in total. The molecule has 0 bridgehead atoms. The van der Waals surface area contributed by atoms with Gasteiger partial charge in [0.15, 0.2) is 11.5 Å². The number of methoxy groups -OCH3 is 2. The molecule has 1 saturated carbocycles. The second kappa shape index (κ2) is 13.9. The molecule has 0 aliphatic heterocycles. The van der Waals surface area contributed by atoms with Crippen molar-refractivity contribution in [2.24, 2.45) is 0 Å². The number of carbonyl (C=O) groups is 2. The summed E-state index contributed by atoms with van der Waals surface area (Å²) in [7, 11) is -1.48. The number of halogens is 1. The predicted octanol–water partition coefficient (Wildman–Crippen LogP) is 4.82. The normalized spacial score (nSPS) is 14.2. The quantitative estimate of drug-likeness (QED) is 0.315. The molecule has 3 aromatic carbocycles. The molecule has 1 N–H and O–H groups in total. The Morgan fingerprint density at radius 2 is 1.63 bits per heavy atom. The number of nitrogens with one attached hydrogen (secondary N) is 1. The van der Waals surface area contributed by atoms with Crippen LogP contribution in [-0.4, -0.2) is 58.0 Å². The zero-order valence-electron chi connectivity index (χ0n) is 24.9. The van der Waals surface area contributed by atoms with Crippen LogP contribution in [0, 0.1) is 12.7 Å². The van der Waals surface area contributed by atoms with Gasteiger partial charge in [0.25, 0.3) is 10.0 Å². The summed E-state index contributed by atoms with van der Waals surface area (Å²) < 4.78 is 54.5. The molecule has 1 aliphatic carbocycles. The van der Waals surface area contributed by atoms with Crippen molar-refractivity contribution in [1.29, 1.82) is 0 Å². The lowest BCUT2D eigenvalue weighted by molar-refractivity contribution is -0.139. The minimum absolute atomic E-state index is 0.00912. The smallest absolute Gasteiger partial charge is 0.264 e. The van der Waals surface area contributed by atoms with Gasteiger partial charge in [0.2, 0.25) is 11.8 Å². The summed E-state index contributed by atoms with van der Waals surface area (Å²) in [6.07, 6.45) is 3.72. The molecule has 4 rings (SSSR count). The van der Waals surface area contributed by atoms with Gasteiger partial charge in [0, 0.05) is 24.2 Å². The molecule has 0 spiro atoms. The van der Waals surface area contributed by atoms with E-state index in [9.17, 15) is 22.4 Å². The lowest BCUT2D eigenvalue weighted by Crippen LogP contribution is -2.52. The number of benzene rings is 3. The van der Waals surface area contributed by atoms with E-state index in [0.29, 0.717) is 5.75 Å². The van der Waals surface area contributed by atoms with Gasteiger partial charge in [-0.3, -0.25) is 13.9 Å². The highest BCUT2D eigenvalue weighted by Gasteiger charge is 2.34. The number of ether oxygens (including phenoxy) is 2. The number of carbonyl (C=O) groups excluding carboxylic acids is 2. The monoisotopic (exact) mass is 611 g/mol. The van der Waals surface area contributed by atoms with Crippen molar-refractivity contribution in [1.82, 2.24) is 10.2 Å². The molecule has 1 aliphatic rings. The first kappa shape index (κ1) is 31.8. The fourth-order valence-corrected chi connectivity index (χ4v) is 6.56. The molecule has 1 atom stereocenters. The third-order valence-electron chi connectivity index (χ3n) is 7.71. The highest BCUT2D eigenvalue weighted by Crippen LogP contribution is 2.32. The summed E-state index contributed by atoms with van der Waals surface area (Å²) in [5.41, 5.74) is 1.36. The Balaban J connectivity index is 1.72. The molecule has 0 aromatic heterocycles. The number of sulfonamides is 1. The van der Waals surface area contributed by atoms with E-state index in [2.05, 4.69) is 5.32 Å². The predicted molar refractivity (Wildman–Crippen MR) is 162 cm³/mol. The molecule has 0 saturated heterocycles. The van der Waals surface area contributed by atoms with Crippen LogP contribution in [0.5, 0.6) is 11.5 Å². The van der Waals surface area contributed by atoms with Crippen molar-refractivity contribution in [2.45, 2.75) is 63.1 Å². The third kappa shape index (κ3) is 7.45. The first-order valence-corrected chi connectivity index (χ1v) is 15.6. The summed E-state index contributed by atoms with van der Waals surface area (Å²) >= 11 is 0. The third-order valence-corrected chi connectivity index (χ3v) is 9.48. The van der Waals surface area contributed by atoms with Gasteiger partial charge in [-0.05, 0) is 57.0 Å². The van der Waals surface area contributed by atoms with Crippen LogP contribution < -0.4 is 19.1 Å². The van der Waals surface area contributed by atoms with E-state index in [1.54, 1.807) is 37.3 Å². The number of hydrogen-bond acceptors (Lipinski definition) is 6. The van der Waals surface area contributed by atoms with Crippen molar-refractivity contribution in [3.63, 3.8) is 0 Å². The summed E-state index contributed by atoms with van der Waals surface area (Å²) in [6, 6.07) is 15.9. The Morgan fingerprint density at radius 3 is 2.26 bits per heavy atom. The van der Waals surface area contributed by atoms with Gasteiger partial charge >= 0.3 is 0 Å². The van der Waals surface area contributed by atoms with Crippen LogP contribution in [0.4, 0.5) is 10.1 Å². The average Bonchev–Trinajstić information content (AvgIpc) is 3.52. The van der Waals surface area contributed by atoms with Crippen LogP contribution in [0.2, 0.25) is 0 Å². The second-order valence-corrected chi connectivity index (χ2v) is 12.5. The summed E-state index contributed by atoms with van der Waals surface area (Å²) in [5, 5.41) is 3.00. The first-order chi connectivity index (χ1) is 20.5. The molecule has 0 unspecified atom stereocenters. The van der Waals surface area contributed by atoms with E-state index < -0.39 is 34.3 Å². The Morgan fingerprint density at radius 1 is 0.977 bits per heavy atom. The number of rotatable bonds is 12. The molecular formula is C32H38FN3O6S. The first-order valence-electron chi connectivity index (χ1n) is 14.2. The number of aryl methyl sites for hydroxylation is 1. The largest absolute Gasteiger partial charge is 0.493 e. The molecule has 43 heavy (non-hydrogen) atoms. The van der Waals surface area contributed by atoms with Gasteiger partial charge in [-0.15, -0.1) is 0 Å². The molecule has 0 heterocycles. The van der Waals surface area contributed by atoms with Crippen molar-refractivity contribution >= 4 is 27.5 Å². The average molecular weight is 612 g/mol. The topological polar surface area (TPSA) is 105 Å². The van der Waals surface area contributed by atoms with Gasteiger partial charge < -0.3 is 19.7 Å². The summed E-state index contributed by atoms with van der Waals surface area (Å²) in [4.78, 5) is 28.5. The van der Waals surface area contributed by atoms with Gasteiger partial charge in [0.1, 0.15) is 18.4 Å². The van der Waals surface area contributed by atoms with Crippen LogP contribution in [0.25, 0.3) is 0 Å². The van der Waals surface area contributed by atoms with Crippen molar-refractivity contribution in [3.8, 4) is 11.5 Å². The number of anilines is 1. The molecule has 11 heteroatoms. The van der Waals surface area contributed by atoms with E-state index in [4.69, 9.17) is 9.47 Å². The lowest BCUT2D eigenvalue weighted by Gasteiger charge is -2.32. The zero-order valence-corrected chi connectivity index (χ0v) is 25.7. The molecular weight excluding hydrogens is 573 g/mol. The van der Waals surface area contributed by atoms with E-state index in [0.717, 1.165) is 35.6 Å². The van der Waals surface area contributed by atoms with Crippen molar-refractivity contribution in [3.05, 3.63) is 83.7 Å². The van der Waals surface area contributed by atoms with Crippen LogP contribution in [-0.2, 0) is 26.2 Å². The van der Waals surface area contributed by atoms with E-state index >= 15 is 0 Å². The minimum Gasteiger partial charge on any atom is -0.493 e. The standard InChI is InChI=1S/C32H38FN3O6S/c1-22-13-15-26(16-14-22)36(43(39,40)27-17-18-29(41-3)30(19-27)42-4)21-31(37)35(20-24-9-5-8-12-28(24)33)23(2)32(38)34-25-10-6-7-11-25/h5,8-9,12-19,23,25H,6-7,10-11,20-21H2,1-4H3,(H,34,38)/t23-/m0/s1. The fourth-order valence-electron chi connectivity index (χ4n) is 5.13. The fraction of sp³-hybridized carbons (Fsp3) is 0.375. The van der Waals surface area contributed by atoms with Crippen molar-refractivity contribution < 1.29 is 31.9 Å². The minimum atomic E-state index is -4.32. The number of amides is 2. The van der Waals surface area contributed by atoms with E-state index in [1.807, 2.05) is 6.92 Å². The Hall–Kier alpha value is -4.12. The second-order valence-electron chi connectivity index (χ2n) is 10.6. The molecule has 2 amide bonds. The summed E-state index contributed by atoms with van der Waals surface area (Å²) in [5.74, 6) is -1.02. The van der Waals surface area contributed by atoms with Crippen LogP contribution in [0.3, 0.4) is 0 Å². The van der Waals surface area contributed by atoms with Gasteiger partial charge in [-0.25, -0.2) is 12.8 Å². The molecule has 3 aromatic rings. The maximum Gasteiger partial charge on any atom is 0.264 e. The van der Waals surface area contributed by atoms with E-state index in [-0.39, 0.29) is 40.4 Å². The molecule has 230 valence electrons. The number of hydrogen-bond donors (Lipinski definition) is 1. The Bertz CT molecular complexity index is 1540. The highest BCUT2D eigenvalue weighted by molar-refractivity contribution is 7.92. The lowest BCUT2D eigenvalue weighted by atomic mass is 10.1. The van der Waals surface area contributed by atoms with Crippen LogP contribution in [0.1, 0.15) is 43.7 Å².